The molecule has 0 saturated heterocycles. The molecule has 0 bridgehead atoms. The van der Waals surface area contributed by atoms with Crippen LogP contribution in [0.2, 0.25) is 0 Å². The van der Waals surface area contributed by atoms with Crippen LogP contribution in [0.5, 0.6) is 0 Å². The van der Waals surface area contributed by atoms with E-state index in [1.165, 1.54) is 10.9 Å². The molecule has 0 aromatic heterocycles. The van der Waals surface area contributed by atoms with E-state index < -0.39 is 0 Å². The van der Waals surface area contributed by atoms with Crippen molar-refractivity contribution in [3.63, 3.8) is 0 Å². The van der Waals surface area contributed by atoms with E-state index in [1.54, 1.807) is 0 Å². The van der Waals surface area contributed by atoms with Gasteiger partial charge in [-0.25, -0.2) is 4.90 Å². The van der Waals surface area contributed by atoms with Crippen LogP contribution in [-0.4, -0.2) is 35.1 Å². The Kier molecular flexibility index (Phi) is 3.54. The van der Waals surface area contributed by atoms with Crippen molar-refractivity contribution in [1.29, 1.82) is 0 Å². The number of hydrogen-bond donors (Lipinski definition) is 0. The Morgan fingerprint density at radius 1 is 1.38 bits per heavy atom. The number of para-hydroxylation sites is 1. The first-order chi connectivity index (χ1) is 7.72. The van der Waals surface area contributed by atoms with Gasteiger partial charge in [0.25, 0.3) is 0 Å². The van der Waals surface area contributed by atoms with E-state index in [9.17, 15) is 0 Å². The number of thioether (sulfide) groups is 1. The van der Waals surface area contributed by atoms with Crippen LogP contribution >= 0.6 is 11.8 Å². The maximum atomic E-state index is 2.45. The van der Waals surface area contributed by atoms with Crippen molar-refractivity contribution in [2.24, 2.45) is 0 Å². The second-order valence-electron chi connectivity index (χ2n) is 4.14. The lowest BCUT2D eigenvalue weighted by Crippen LogP contribution is -2.29. The van der Waals surface area contributed by atoms with Crippen LogP contribution < -0.4 is 4.90 Å². The molecule has 0 amide bonds. The van der Waals surface area contributed by atoms with Crippen LogP contribution in [0.4, 0.5) is 5.69 Å². The van der Waals surface area contributed by atoms with Crippen molar-refractivity contribution in [3.05, 3.63) is 30.3 Å². The van der Waals surface area contributed by atoms with Gasteiger partial charge in [-0.1, -0.05) is 18.2 Å². The van der Waals surface area contributed by atoms with E-state index in [-0.39, 0.29) is 0 Å². The highest BCUT2D eigenvalue weighted by molar-refractivity contribution is 8.14. The minimum Gasteiger partial charge on any atom is -0.255 e. The highest BCUT2D eigenvalue weighted by atomic mass is 32.2. The summed E-state index contributed by atoms with van der Waals surface area (Å²) in [6.07, 6.45) is 0. The summed E-state index contributed by atoms with van der Waals surface area (Å²) in [5.74, 6) is 0. The van der Waals surface area contributed by atoms with Crippen LogP contribution in [0.1, 0.15) is 13.8 Å². The van der Waals surface area contributed by atoms with E-state index in [0.29, 0.717) is 5.25 Å². The zero-order valence-electron chi connectivity index (χ0n) is 10.2. The van der Waals surface area contributed by atoms with Crippen molar-refractivity contribution in [1.82, 2.24) is 0 Å². The lowest BCUT2D eigenvalue weighted by Gasteiger charge is -2.12. The van der Waals surface area contributed by atoms with Crippen LogP contribution in [0.3, 0.4) is 0 Å². The predicted molar refractivity (Wildman–Crippen MR) is 72.6 cm³/mol. The third kappa shape index (κ3) is 2.24. The molecule has 0 aliphatic carbocycles. The first-order valence-corrected chi connectivity index (χ1v) is 6.67. The largest absolute Gasteiger partial charge is 0.313 e. The molecule has 1 atom stereocenters. The number of amidine groups is 1. The van der Waals surface area contributed by atoms with Crippen molar-refractivity contribution in [2.75, 3.05) is 25.0 Å². The molecule has 0 saturated carbocycles. The Balaban J connectivity index is 2.25. The van der Waals surface area contributed by atoms with Gasteiger partial charge in [0, 0.05) is 0 Å². The number of anilines is 1. The first-order valence-electron chi connectivity index (χ1n) is 5.79. The average Bonchev–Trinajstić information content (AvgIpc) is 2.70. The van der Waals surface area contributed by atoms with E-state index >= 15 is 0 Å². The minimum atomic E-state index is 0.695. The Labute approximate surface area is 102 Å². The summed E-state index contributed by atoms with van der Waals surface area (Å²) in [4.78, 5) is 2.29. The molecular formula is C13H19N2S+. The van der Waals surface area contributed by atoms with Gasteiger partial charge < -0.3 is 0 Å². The molecule has 1 aromatic carbocycles. The van der Waals surface area contributed by atoms with Gasteiger partial charge in [0.2, 0.25) is 0 Å². The topological polar surface area (TPSA) is 6.25 Å². The Bertz CT molecular complexity index is 386. The molecule has 16 heavy (non-hydrogen) atoms. The third-order valence-corrected chi connectivity index (χ3v) is 4.16. The fourth-order valence-corrected chi connectivity index (χ4v) is 3.23. The van der Waals surface area contributed by atoms with Gasteiger partial charge in [-0.2, -0.15) is 0 Å². The maximum absolute atomic E-state index is 2.45. The SMILES string of the molecule is CC[N+]1=C(N(C)c2ccccc2)SC(C)C1. The molecule has 0 radical (unpaired) electrons. The number of benzene rings is 1. The lowest BCUT2D eigenvalue weighted by molar-refractivity contribution is -0.517. The summed E-state index contributed by atoms with van der Waals surface area (Å²) < 4.78 is 2.45. The van der Waals surface area contributed by atoms with Gasteiger partial charge in [0.1, 0.15) is 5.69 Å². The Morgan fingerprint density at radius 2 is 2.06 bits per heavy atom. The van der Waals surface area contributed by atoms with Crippen molar-refractivity contribution in [3.8, 4) is 0 Å². The molecule has 1 aromatic rings. The quantitative estimate of drug-likeness (QED) is 0.727. The smallest absolute Gasteiger partial charge is 0.255 e. The molecule has 1 aliphatic heterocycles. The van der Waals surface area contributed by atoms with Crippen molar-refractivity contribution >= 4 is 22.6 Å². The Hall–Kier alpha value is -0.960. The highest BCUT2D eigenvalue weighted by Crippen LogP contribution is 2.25. The summed E-state index contributed by atoms with van der Waals surface area (Å²) in [5.41, 5.74) is 1.26. The van der Waals surface area contributed by atoms with Crippen LogP contribution in [0.15, 0.2) is 30.3 Å². The third-order valence-electron chi connectivity index (χ3n) is 2.87. The number of hydrogen-bond acceptors (Lipinski definition) is 2. The highest BCUT2D eigenvalue weighted by Gasteiger charge is 2.30. The number of rotatable bonds is 2. The molecule has 3 heteroatoms. The second-order valence-corrected chi connectivity index (χ2v) is 5.55. The maximum Gasteiger partial charge on any atom is 0.313 e. The van der Waals surface area contributed by atoms with E-state index in [0.717, 1.165) is 13.1 Å². The lowest BCUT2D eigenvalue weighted by atomic mass is 10.3. The standard InChI is InChI=1S/C13H19N2S/c1-4-15-10-11(2)16-13(15)14(3)12-8-6-5-7-9-12/h5-9,11H,4,10H2,1-3H3/q+1. The monoisotopic (exact) mass is 235 g/mol. The molecule has 2 rings (SSSR count). The molecule has 0 spiro atoms. The summed E-state index contributed by atoms with van der Waals surface area (Å²) in [7, 11) is 2.15. The van der Waals surface area contributed by atoms with Gasteiger partial charge in [-0.3, -0.25) is 4.58 Å². The zero-order valence-corrected chi connectivity index (χ0v) is 11.0. The minimum absolute atomic E-state index is 0.695. The molecule has 1 heterocycles. The Morgan fingerprint density at radius 3 is 2.69 bits per heavy atom. The van der Waals surface area contributed by atoms with Crippen molar-refractivity contribution < 1.29 is 4.58 Å². The summed E-state index contributed by atoms with van der Waals surface area (Å²) >= 11 is 1.97. The molecular weight excluding hydrogens is 216 g/mol. The molecule has 86 valence electrons. The summed E-state index contributed by atoms with van der Waals surface area (Å²) in [6, 6.07) is 10.6. The fraction of sp³-hybridized carbons (Fsp3) is 0.462. The predicted octanol–water partition coefficient (Wildman–Crippen LogP) is 2.65. The molecule has 1 unspecified atom stereocenters. The van der Waals surface area contributed by atoms with Gasteiger partial charge in [-0.05, 0) is 37.7 Å². The molecule has 1 aliphatic rings. The van der Waals surface area contributed by atoms with Crippen LogP contribution in [0, 0.1) is 0 Å². The van der Waals surface area contributed by atoms with Gasteiger partial charge in [-0.15, -0.1) is 0 Å². The van der Waals surface area contributed by atoms with Crippen molar-refractivity contribution in [2.45, 2.75) is 19.1 Å². The van der Waals surface area contributed by atoms with Crippen LogP contribution in [-0.2, 0) is 0 Å². The summed E-state index contributed by atoms with van der Waals surface area (Å²) in [6.45, 7) is 6.76. The van der Waals surface area contributed by atoms with E-state index in [1.807, 2.05) is 11.8 Å². The summed E-state index contributed by atoms with van der Waals surface area (Å²) in [5, 5.41) is 2.07. The zero-order chi connectivity index (χ0) is 11.5. The van der Waals surface area contributed by atoms with Gasteiger partial charge in [0.05, 0.1) is 25.4 Å². The molecule has 0 N–H and O–H groups in total. The van der Waals surface area contributed by atoms with Crippen LogP contribution in [0.25, 0.3) is 0 Å². The first kappa shape index (κ1) is 11.5. The number of nitrogens with zero attached hydrogens (tertiary/aromatic N) is 2. The average molecular weight is 235 g/mol. The molecule has 2 nitrogen and oxygen atoms in total. The normalized spacial score (nSPS) is 20.3. The molecule has 0 fully saturated rings. The van der Waals surface area contributed by atoms with E-state index in [2.05, 4.69) is 60.7 Å². The van der Waals surface area contributed by atoms with Gasteiger partial charge in [0.15, 0.2) is 0 Å². The fourth-order valence-electron chi connectivity index (χ4n) is 2.00. The van der Waals surface area contributed by atoms with Gasteiger partial charge >= 0.3 is 5.17 Å². The second kappa shape index (κ2) is 4.91. The van der Waals surface area contributed by atoms with E-state index in [4.69, 9.17) is 0 Å².